The van der Waals surface area contributed by atoms with Gasteiger partial charge < -0.3 is 5.11 Å². The summed E-state index contributed by atoms with van der Waals surface area (Å²) in [5, 5.41) is 8.74. The Balaban J connectivity index is 0.000000810. The molecule has 2 nitrogen and oxygen atoms in total. The number of phenolic OH excluding ortho intramolecular Hbond substituents is 1. The van der Waals surface area contributed by atoms with E-state index in [1.54, 1.807) is 12.1 Å². The first-order chi connectivity index (χ1) is 4.33. The Morgan fingerprint density at radius 3 is 2.10 bits per heavy atom. The van der Waals surface area contributed by atoms with Gasteiger partial charge in [-0.1, -0.05) is 0 Å². The summed E-state index contributed by atoms with van der Waals surface area (Å²) in [6.45, 7) is 0. The molecular weight excluding hydrogens is 155 g/mol. The summed E-state index contributed by atoms with van der Waals surface area (Å²) in [6.07, 6.45) is 0.736. The molecule has 0 aromatic heterocycles. The van der Waals surface area contributed by atoms with E-state index in [1.807, 2.05) is 0 Å². The van der Waals surface area contributed by atoms with Gasteiger partial charge >= 0.3 is 51.4 Å². The van der Waals surface area contributed by atoms with Crippen molar-refractivity contribution in [2.75, 3.05) is 0 Å². The van der Waals surface area contributed by atoms with Crippen molar-refractivity contribution in [2.24, 2.45) is 0 Å². The first kappa shape index (κ1) is 10.3. The predicted molar refractivity (Wildman–Crippen MR) is 40.6 cm³/mol. The van der Waals surface area contributed by atoms with Crippen molar-refractivity contribution in [2.45, 2.75) is 0 Å². The molecule has 1 N–H and O–H groups in total. The number of phenols is 1. The maximum absolute atomic E-state index is 10.0. The Bertz CT molecular complexity index is 205. The minimum absolute atomic E-state index is 0. The molecule has 0 saturated carbocycles. The molecule has 0 amide bonds. The number of rotatable bonds is 1. The predicted octanol–water partition coefficient (Wildman–Crippen LogP) is 0.556. The van der Waals surface area contributed by atoms with Crippen LogP contribution in [-0.2, 0) is 0 Å². The molecule has 0 atom stereocenters. The van der Waals surface area contributed by atoms with E-state index >= 15 is 0 Å². The van der Waals surface area contributed by atoms with Crippen molar-refractivity contribution in [3.05, 3.63) is 29.8 Å². The third-order valence-corrected chi connectivity index (χ3v) is 1.03. The zero-order valence-corrected chi connectivity index (χ0v) is 4.74. The van der Waals surface area contributed by atoms with Crippen LogP contribution in [0.15, 0.2) is 24.3 Å². The van der Waals surface area contributed by atoms with Crippen molar-refractivity contribution in [3.8, 4) is 5.75 Å². The first-order valence-electron chi connectivity index (χ1n) is 2.57. The molecule has 0 fully saturated rings. The quantitative estimate of drug-likeness (QED) is 0.484. The number of carbonyl (C=O) groups is 1. The van der Waals surface area contributed by atoms with Crippen LogP contribution in [0.4, 0.5) is 0 Å². The van der Waals surface area contributed by atoms with Crippen molar-refractivity contribution >= 4 is 57.7 Å². The van der Waals surface area contributed by atoms with Gasteiger partial charge in [-0.15, -0.1) is 0 Å². The van der Waals surface area contributed by atoms with Gasteiger partial charge in [-0.25, -0.2) is 0 Å². The van der Waals surface area contributed by atoms with Crippen molar-refractivity contribution in [1.29, 1.82) is 0 Å². The second kappa shape index (κ2) is 5.04. The second-order valence-corrected chi connectivity index (χ2v) is 1.71. The van der Waals surface area contributed by atoms with Gasteiger partial charge in [-0.05, 0) is 24.3 Å². The minimum atomic E-state index is 0. The maximum atomic E-state index is 10.0. The molecule has 1 aromatic rings. The van der Waals surface area contributed by atoms with Crippen LogP contribution < -0.4 is 0 Å². The molecule has 0 aliphatic heterocycles. The van der Waals surface area contributed by atoms with E-state index in [1.165, 1.54) is 12.1 Å². The molecule has 48 valence electrons. The fourth-order valence-corrected chi connectivity index (χ4v) is 0.553. The summed E-state index contributed by atoms with van der Waals surface area (Å²) in [4.78, 5) is 10.0. The Hall–Kier alpha value is 0.326. The average molecular weight is 162 g/mol. The topological polar surface area (TPSA) is 37.3 Å². The summed E-state index contributed by atoms with van der Waals surface area (Å²) in [6, 6.07) is 6.07. The number of aromatic hydroxyl groups is 1. The van der Waals surface area contributed by atoms with Gasteiger partial charge in [0.25, 0.3) is 0 Å². The summed E-state index contributed by atoms with van der Waals surface area (Å²) < 4.78 is 0. The van der Waals surface area contributed by atoms with E-state index < -0.39 is 0 Å². The van der Waals surface area contributed by atoms with E-state index in [2.05, 4.69) is 0 Å². The van der Waals surface area contributed by atoms with Crippen LogP contribution in [0.5, 0.6) is 5.75 Å². The van der Waals surface area contributed by atoms with Gasteiger partial charge in [0, 0.05) is 5.56 Å². The first-order valence-corrected chi connectivity index (χ1v) is 2.57. The van der Waals surface area contributed by atoms with E-state index in [0.717, 1.165) is 6.29 Å². The second-order valence-electron chi connectivity index (χ2n) is 1.71. The number of benzene rings is 1. The van der Waals surface area contributed by atoms with Crippen LogP contribution >= 0.6 is 0 Å². The van der Waals surface area contributed by atoms with E-state index in [4.69, 9.17) is 5.11 Å². The molecule has 1 aromatic carbocycles. The molecule has 0 bridgehead atoms. The Labute approximate surface area is 102 Å². The molecule has 10 heavy (non-hydrogen) atoms. The molecular formula is C7H7KO2. The number of hydrogen-bond acceptors (Lipinski definition) is 2. The third kappa shape index (κ3) is 2.94. The molecule has 1 rings (SSSR count). The molecule has 0 spiro atoms. The fourth-order valence-electron chi connectivity index (χ4n) is 0.553. The van der Waals surface area contributed by atoms with Gasteiger partial charge in [-0.2, -0.15) is 0 Å². The van der Waals surface area contributed by atoms with Gasteiger partial charge in [0.15, 0.2) is 0 Å². The molecule has 0 aliphatic rings. The Morgan fingerprint density at radius 2 is 1.70 bits per heavy atom. The average Bonchev–Trinajstić information content (AvgIpc) is 1.90. The van der Waals surface area contributed by atoms with Crippen LogP contribution in [0, 0.1) is 0 Å². The van der Waals surface area contributed by atoms with Crippen LogP contribution in [0.25, 0.3) is 0 Å². The van der Waals surface area contributed by atoms with Crippen molar-refractivity contribution in [3.63, 3.8) is 0 Å². The SMILES string of the molecule is O=Cc1ccc(O)cc1.[KH]. The molecule has 0 saturated heterocycles. The normalized spacial score (nSPS) is 8.00. The third-order valence-electron chi connectivity index (χ3n) is 1.03. The van der Waals surface area contributed by atoms with Gasteiger partial charge in [-0.3, -0.25) is 4.79 Å². The molecule has 0 radical (unpaired) electrons. The van der Waals surface area contributed by atoms with Crippen LogP contribution in [0.1, 0.15) is 10.4 Å². The number of carbonyl (C=O) groups excluding carboxylic acids is 1. The van der Waals surface area contributed by atoms with Gasteiger partial charge in [0.2, 0.25) is 0 Å². The fraction of sp³-hybridized carbons (Fsp3) is 0. The van der Waals surface area contributed by atoms with Gasteiger partial charge in [0.1, 0.15) is 12.0 Å². The number of aldehydes is 1. The molecule has 0 heterocycles. The molecule has 0 aliphatic carbocycles. The van der Waals surface area contributed by atoms with Crippen LogP contribution in [0.3, 0.4) is 0 Å². The summed E-state index contributed by atoms with van der Waals surface area (Å²) >= 11 is 0. The zero-order chi connectivity index (χ0) is 6.69. The van der Waals surface area contributed by atoms with Gasteiger partial charge in [0.05, 0.1) is 0 Å². The zero-order valence-electron chi connectivity index (χ0n) is 4.74. The van der Waals surface area contributed by atoms with E-state index in [-0.39, 0.29) is 57.1 Å². The van der Waals surface area contributed by atoms with E-state index in [9.17, 15) is 4.79 Å². The summed E-state index contributed by atoms with van der Waals surface area (Å²) in [7, 11) is 0. The molecule has 3 heteroatoms. The summed E-state index contributed by atoms with van der Waals surface area (Å²) in [5.74, 6) is 0.181. The monoisotopic (exact) mass is 162 g/mol. The van der Waals surface area contributed by atoms with Crippen LogP contribution in [-0.4, -0.2) is 62.8 Å². The number of hydrogen-bond donors (Lipinski definition) is 1. The van der Waals surface area contributed by atoms with Crippen LogP contribution in [0.2, 0.25) is 0 Å². The Kier molecular flexibility index (Phi) is 5.20. The Morgan fingerprint density at radius 1 is 1.20 bits per heavy atom. The standard InChI is InChI=1S/C7H6O2.K.H/c8-5-6-1-3-7(9)4-2-6;;/h1-5,9H;;. The summed E-state index contributed by atoms with van der Waals surface area (Å²) in [5.41, 5.74) is 0.577. The van der Waals surface area contributed by atoms with Crippen molar-refractivity contribution in [1.82, 2.24) is 0 Å². The molecule has 0 unspecified atom stereocenters. The van der Waals surface area contributed by atoms with Crippen molar-refractivity contribution < 1.29 is 9.90 Å². The van der Waals surface area contributed by atoms with E-state index in [0.29, 0.717) is 5.56 Å².